The number of aromatic nitrogens is 4. The fourth-order valence-electron chi connectivity index (χ4n) is 6.34. The van der Waals surface area contributed by atoms with E-state index in [1.807, 2.05) is 58.0 Å². The van der Waals surface area contributed by atoms with Gasteiger partial charge >= 0.3 is 12.1 Å². The summed E-state index contributed by atoms with van der Waals surface area (Å²) in [5, 5.41) is 32.4. The van der Waals surface area contributed by atoms with Crippen molar-refractivity contribution in [2.75, 3.05) is 11.9 Å². The lowest BCUT2D eigenvalue weighted by molar-refractivity contribution is -0.130. The van der Waals surface area contributed by atoms with Crippen LogP contribution in [0.2, 0.25) is 0 Å². The molecule has 3 amide bonds. The number of carbonyl (C=O) groups is 4. The second-order valence-electron chi connectivity index (χ2n) is 14.2. The molecule has 13 nitrogen and oxygen atoms in total. The van der Waals surface area contributed by atoms with Gasteiger partial charge in [-0.2, -0.15) is 5.21 Å². The molecule has 5 N–H and O–H groups in total. The van der Waals surface area contributed by atoms with E-state index in [9.17, 15) is 24.3 Å². The van der Waals surface area contributed by atoms with Crippen LogP contribution >= 0.6 is 0 Å². The Morgan fingerprint density at radius 3 is 2.20 bits per heavy atom. The van der Waals surface area contributed by atoms with E-state index in [-0.39, 0.29) is 35.6 Å². The van der Waals surface area contributed by atoms with E-state index in [1.54, 1.807) is 37.3 Å². The van der Waals surface area contributed by atoms with Crippen LogP contribution in [0.3, 0.4) is 0 Å². The van der Waals surface area contributed by atoms with Crippen LogP contribution in [0, 0.1) is 25.7 Å². The summed E-state index contributed by atoms with van der Waals surface area (Å²) in [7, 11) is 0. The van der Waals surface area contributed by atoms with E-state index in [0.29, 0.717) is 36.5 Å². The van der Waals surface area contributed by atoms with Crippen LogP contribution in [0.5, 0.6) is 0 Å². The topological polar surface area (TPSA) is 188 Å². The number of carboxylic acid groups (broad SMARTS) is 1. The number of nitrogens with zero attached hydrogens (tertiary/aromatic N) is 3. The van der Waals surface area contributed by atoms with E-state index >= 15 is 0 Å². The van der Waals surface area contributed by atoms with Gasteiger partial charge in [-0.1, -0.05) is 30.3 Å². The van der Waals surface area contributed by atoms with Gasteiger partial charge in [-0.3, -0.25) is 9.59 Å². The zero-order valence-corrected chi connectivity index (χ0v) is 29.6. The Labute approximate surface area is 297 Å². The summed E-state index contributed by atoms with van der Waals surface area (Å²) in [6.45, 7) is 9.65. The first-order chi connectivity index (χ1) is 24.3. The highest BCUT2D eigenvalue weighted by Gasteiger charge is 2.30. The van der Waals surface area contributed by atoms with Crippen LogP contribution < -0.4 is 16.0 Å². The average molecular weight is 696 g/mol. The number of aromatic carboxylic acids is 1. The minimum atomic E-state index is -0.981. The first kappa shape index (κ1) is 36.7. The predicted octanol–water partition coefficient (Wildman–Crippen LogP) is 5.85. The Morgan fingerprint density at radius 2 is 1.59 bits per heavy atom. The van der Waals surface area contributed by atoms with Crippen LogP contribution in [-0.2, 0) is 20.7 Å². The van der Waals surface area contributed by atoms with Crippen LogP contribution in [0.4, 0.5) is 10.5 Å². The average Bonchev–Trinajstić information content (AvgIpc) is 3.62. The van der Waals surface area contributed by atoms with Crippen molar-refractivity contribution >= 4 is 29.6 Å². The number of anilines is 1. The second-order valence-corrected chi connectivity index (χ2v) is 14.2. The van der Waals surface area contributed by atoms with Gasteiger partial charge in [0.2, 0.25) is 17.6 Å². The standard InChI is InChI=1S/C38H45N7O6/c1-22-18-23(2)31(36(48)49)20-30(22)26-10-6-24(7-11-26)19-32(35(47)40-29-16-14-27(15-17-29)33-42-44-45-43-33)41-34(46)28-12-8-25(9-13-28)21-39-37(50)51-38(3,4)5/h6-7,10-11,14-18,20,25,28,32H,8-9,12-13,19,21H2,1-5H3,(H,39,50)(H,40,47)(H,41,46)(H,48,49)(H,42,43,44,45). The fourth-order valence-corrected chi connectivity index (χ4v) is 6.34. The minimum absolute atomic E-state index is 0.186. The number of aryl methyl sites for hydroxylation is 2. The molecule has 3 aromatic carbocycles. The summed E-state index contributed by atoms with van der Waals surface area (Å²) in [4.78, 5) is 51.2. The fraction of sp³-hybridized carbons (Fsp3) is 0.395. The van der Waals surface area contributed by atoms with Crippen LogP contribution in [0.1, 0.15) is 73.5 Å². The van der Waals surface area contributed by atoms with Crippen molar-refractivity contribution in [3.8, 4) is 22.5 Å². The summed E-state index contributed by atoms with van der Waals surface area (Å²) < 4.78 is 5.34. The number of tetrazole rings is 1. The highest BCUT2D eigenvalue weighted by atomic mass is 16.6. The molecule has 1 aliphatic rings. The third kappa shape index (κ3) is 9.99. The summed E-state index contributed by atoms with van der Waals surface area (Å²) in [5.74, 6) is -1.13. The van der Waals surface area contributed by atoms with Crippen molar-refractivity contribution in [1.82, 2.24) is 31.3 Å². The second kappa shape index (κ2) is 16.0. The maximum atomic E-state index is 13.7. The monoisotopic (exact) mass is 695 g/mol. The number of carboxylic acids is 1. The highest BCUT2D eigenvalue weighted by molar-refractivity contribution is 5.98. The molecule has 1 fully saturated rings. The van der Waals surface area contributed by atoms with Gasteiger partial charge in [-0.15, -0.1) is 10.2 Å². The van der Waals surface area contributed by atoms with Crippen LogP contribution in [0.25, 0.3) is 22.5 Å². The van der Waals surface area contributed by atoms with E-state index in [0.717, 1.165) is 40.7 Å². The Morgan fingerprint density at radius 1 is 0.922 bits per heavy atom. The molecule has 0 radical (unpaired) electrons. The molecular formula is C38H45N7O6. The Kier molecular flexibility index (Phi) is 11.5. The first-order valence-corrected chi connectivity index (χ1v) is 17.1. The molecule has 5 rings (SSSR count). The predicted molar refractivity (Wildman–Crippen MR) is 192 cm³/mol. The van der Waals surface area contributed by atoms with Gasteiger partial charge in [0.15, 0.2) is 0 Å². The number of hydrogen-bond donors (Lipinski definition) is 5. The van der Waals surface area contributed by atoms with Crippen molar-refractivity contribution in [3.05, 3.63) is 82.9 Å². The van der Waals surface area contributed by atoms with Crippen LogP contribution in [-0.4, -0.2) is 67.8 Å². The number of H-pyrrole nitrogens is 1. The number of aromatic amines is 1. The molecule has 1 heterocycles. The van der Waals surface area contributed by atoms with Crippen molar-refractivity contribution in [1.29, 1.82) is 0 Å². The molecule has 1 aliphatic carbocycles. The van der Waals surface area contributed by atoms with Crippen molar-refractivity contribution in [2.45, 2.75) is 78.4 Å². The zero-order chi connectivity index (χ0) is 36.7. The van der Waals surface area contributed by atoms with E-state index in [4.69, 9.17) is 4.74 Å². The number of hydrogen-bond acceptors (Lipinski definition) is 8. The first-order valence-electron chi connectivity index (χ1n) is 17.1. The van der Waals surface area contributed by atoms with E-state index < -0.39 is 23.7 Å². The number of carbonyl (C=O) groups excluding carboxylic acids is 3. The summed E-state index contributed by atoms with van der Waals surface area (Å²) >= 11 is 0. The Balaban J connectivity index is 1.27. The maximum absolute atomic E-state index is 13.7. The number of nitrogens with one attached hydrogen (secondary N) is 4. The molecule has 0 aliphatic heterocycles. The van der Waals surface area contributed by atoms with Gasteiger partial charge in [0.25, 0.3) is 0 Å². The SMILES string of the molecule is Cc1cc(C)c(-c2ccc(CC(NC(=O)C3CCC(CNC(=O)OC(C)(C)C)CC3)C(=O)Nc3ccc(-c4nn[nH]n4)cc3)cc2)cc1C(=O)O. The molecule has 1 unspecified atom stereocenters. The summed E-state index contributed by atoms with van der Waals surface area (Å²) in [6.07, 6.45) is 2.60. The lowest BCUT2D eigenvalue weighted by Crippen LogP contribution is -2.48. The van der Waals surface area contributed by atoms with Crippen LogP contribution in [0.15, 0.2) is 60.7 Å². The van der Waals surface area contributed by atoms with Gasteiger partial charge in [0.1, 0.15) is 11.6 Å². The number of alkyl carbamates (subject to hydrolysis) is 1. The number of rotatable bonds is 11. The summed E-state index contributed by atoms with van der Waals surface area (Å²) in [5.41, 5.74) is 5.08. The largest absolute Gasteiger partial charge is 0.478 e. The van der Waals surface area contributed by atoms with Gasteiger partial charge in [-0.05, 0) is 130 Å². The van der Waals surface area contributed by atoms with Gasteiger partial charge in [0, 0.05) is 30.1 Å². The van der Waals surface area contributed by atoms with E-state index in [2.05, 4.69) is 36.6 Å². The lowest BCUT2D eigenvalue weighted by atomic mass is 9.81. The lowest BCUT2D eigenvalue weighted by Gasteiger charge is -2.29. The molecule has 0 spiro atoms. The third-order valence-electron chi connectivity index (χ3n) is 9.05. The third-order valence-corrected chi connectivity index (χ3v) is 9.05. The van der Waals surface area contributed by atoms with Gasteiger partial charge in [-0.25, -0.2) is 9.59 Å². The number of benzene rings is 3. The Hall–Kier alpha value is -5.59. The van der Waals surface area contributed by atoms with Crippen molar-refractivity contribution in [2.24, 2.45) is 11.8 Å². The normalized spacial score (nSPS) is 16.5. The molecule has 51 heavy (non-hydrogen) atoms. The molecule has 4 aromatic rings. The maximum Gasteiger partial charge on any atom is 0.407 e. The molecule has 0 bridgehead atoms. The van der Waals surface area contributed by atoms with Gasteiger partial charge < -0.3 is 25.8 Å². The number of ether oxygens (including phenoxy) is 1. The molecule has 0 saturated heterocycles. The number of amides is 3. The molecular weight excluding hydrogens is 650 g/mol. The highest BCUT2D eigenvalue weighted by Crippen LogP contribution is 2.30. The summed E-state index contributed by atoms with van der Waals surface area (Å²) in [6, 6.07) is 17.3. The zero-order valence-electron chi connectivity index (χ0n) is 29.6. The van der Waals surface area contributed by atoms with Crippen molar-refractivity contribution in [3.63, 3.8) is 0 Å². The molecule has 13 heteroatoms. The Bertz CT molecular complexity index is 1840. The van der Waals surface area contributed by atoms with Gasteiger partial charge in [0.05, 0.1) is 5.56 Å². The quantitative estimate of drug-likeness (QED) is 0.128. The minimum Gasteiger partial charge on any atom is -0.478 e. The molecule has 1 aromatic heterocycles. The van der Waals surface area contributed by atoms with Crippen molar-refractivity contribution < 1.29 is 29.0 Å². The smallest absolute Gasteiger partial charge is 0.407 e. The molecule has 1 atom stereocenters. The molecule has 268 valence electrons. The van der Waals surface area contributed by atoms with E-state index in [1.165, 1.54) is 0 Å². The molecule has 1 saturated carbocycles.